The summed E-state index contributed by atoms with van der Waals surface area (Å²) < 4.78 is 0. The van der Waals surface area contributed by atoms with Crippen LogP contribution < -0.4 is 18.9 Å². The Morgan fingerprint density at radius 3 is 2.33 bits per heavy atom. The van der Waals surface area contributed by atoms with E-state index in [1.54, 1.807) is 0 Å². The van der Waals surface area contributed by atoms with E-state index in [1.165, 1.54) is 24.8 Å². The van der Waals surface area contributed by atoms with Gasteiger partial charge in [-0.1, -0.05) is 18.7 Å². The Balaban J connectivity index is 0. The van der Waals surface area contributed by atoms with Crippen molar-refractivity contribution in [3.63, 3.8) is 0 Å². The van der Waals surface area contributed by atoms with Gasteiger partial charge in [0, 0.05) is 26.0 Å². The zero-order chi connectivity index (χ0) is 11.0. The van der Waals surface area contributed by atoms with Gasteiger partial charge in [0.15, 0.2) is 0 Å². The summed E-state index contributed by atoms with van der Waals surface area (Å²) in [7, 11) is 2.12. The first-order chi connectivity index (χ1) is 6.67. The summed E-state index contributed by atoms with van der Waals surface area (Å²) in [6.45, 7) is 5.66. The molecular weight excluding hydrogens is 201 g/mol. The molecule has 1 aliphatic heterocycles. The van der Waals surface area contributed by atoms with Gasteiger partial charge in [-0.25, -0.2) is 5.26 Å². The maximum atomic E-state index is 7.13. The molecule has 5 heteroatoms. The predicted octanol–water partition coefficient (Wildman–Crippen LogP) is -1.13. The van der Waals surface area contributed by atoms with Gasteiger partial charge in [-0.15, -0.1) is 0 Å². The van der Waals surface area contributed by atoms with Gasteiger partial charge in [-0.05, 0) is 13.3 Å². The number of hydrogen-bond acceptors (Lipinski definition) is 4. The number of rotatable bonds is 3. The molecule has 0 saturated carbocycles. The molecule has 0 saturated heterocycles. The van der Waals surface area contributed by atoms with Gasteiger partial charge < -0.3 is 22.4 Å². The van der Waals surface area contributed by atoms with Crippen molar-refractivity contribution >= 4 is 12.6 Å². The molecule has 1 aliphatic rings. The monoisotopic (exact) mass is 219 g/mol. The largest absolute Gasteiger partial charge is 1.00 e. The summed E-state index contributed by atoms with van der Waals surface area (Å²) in [4.78, 5) is 4.61. The van der Waals surface area contributed by atoms with Gasteiger partial charge in [0.2, 0.25) is 0 Å². The van der Waals surface area contributed by atoms with Crippen LogP contribution in [-0.4, -0.2) is 29.6 Å². The van der Waals surface area contributed by atoms with E-state index in [-0.39, 0.29) is 18.9 Å². The SMILES string of the molecule is CCCCN1C=CN(C)C1C.N#C[S-].[Li+]. The third-order valence-electron chi connectivity index (χ3n) is 2.33. The molecule has 0 N–H and O–H groups in total. The van der Waals surface area contributed by atoms with Gasteiger partial charge in [0.1, 0.15) is 0 Å². The molecule has 0 bridgehead atoms. The second kappa shape index (κ2) is 10.2. The molecule has 1 heterocycles. The van der Waals surface area contributed by atoms with E-state index in [1.807, 2.05) is 0 Å². The van der Waals surface area contributed by atoms with Crippen LogP contribution in [0.25, 0.3) is 0 Å². The minimum absolute atomic E-state index is 0. The standard InChI is InChI=1S/C9H18N2.CHNS.Li/c1-4-5-6-11-8-7-10(3)9(11)2;2-1-3;/h7-9H,4-6H2,1-3H3;3H;/q;;+1/p-1. The average molecular weight is 219 g/mol. The van der Waals surface area contributed by atoms with Crippen molar-refractivity contribution in [3.8, 4) is 5.40 Å². The van der Waals surface area contributed by atoms with E-state index in [9.17, 15) is 0 Å². The van der Waals surface area contributed by atoms with E-state index >= 15 is 0 Å². The summed E-state index contributed by atoms with van der Waals surface area (Å²) in [6.07, 6.45) is 7.45. The molecule has 1 atom stereocenters. The zero-order valence-corrected chi connectivity index (χ0v) is 10.9. The molecule has 3 nitrogen and oxygen atoms in total. The van der Waals surface area contributed by atoms with Crippen LogP contribution >= 0.6 is 0 Å². The minimum Gasteiger partial charge on any atom is -0.696 e. The molecule has 0 aromatic rings. The van der Waals surface area contributed by atoms with Crippen molar-refractivity contribution in [1.29, 1.82) is 5.26 Å². The second-order valence-corrected chi connectivity index (χ2v) is 3.46. The van der Waals surface area contributed by atoms with Crippen molar-refractivity contribution in [1.82, 2.24) is 9.80 Å². The first kappa shape index (κ1) is 17.1. The number of unbranched alkanes of at least 4 members (excludes halogenated alkanes) is 1. The van der Waals surface area contributed by atoms with Crippen LogP contribution in [0.15, 0.2) is 12.4 Å². The summed E-state index contributed by atoms with van der Waals surface area (Å²) in [5.41, 5.74) is 0. The summed E-state index contributed by atoms with van der Waals surface area (Å²) in [5.74, 6) is 0. The maximum absolute atomic E-state index is 7.13. The summed E-state index contributed by atoms with van der Waals surface area (Å²) in [6, 6.07) is 0. The number of hydrogen-bond donors (Lipinski definition) is 0. The van der Waals surface area contributed by atoms with Crippen LogP contribution in [0.5, 0.6) is 0 Å². The number of nitrogens with zero attached hydrogens (tertiary/aromatic N) is 3. The van der Waals surface area contributed by atoms with Crippen LogP contribution in [0.1, 0.15) is 26.7 Å². The molecular formula is C10H18LiN3S. The average Bonchev–Trinajstić information content (AvgIpc) is 2.47. The van der Waals surface area contributed by atoms with Crippen LogP contribution in [-0.2, 0) is 12.6 Å². The molecule has 80 valence electrons. The Bertz CT molecular complexity index is 215. The van der Waals surface area contributed by atoms with Crippen molar-refractivity contribution in [2.75, 3.05) is 13.6 Å². The number of thiocyanates is 1. The van der Waals surface area contributed by atoms with Crippen LogP contribution in [0.4, 0.5) is 0 Å². The van der Waals surface area contributed by atoms with Gasteiger partial charge in [0.25, 0.3) is 0 Å². The Labute approximate surface area is 111 Å². The third kappa shape index (κ3) is 6.68. The molecule has 0 fully saturated rings. The fraction of sp³-hybridized carbons (Fsp3) is 0.700. The van der Waals surface area contributed by atoms with Gasteiger partial charge >= 0.3 is 18.9 Å². The Morgan fingerprint density at radius 1 is 1.47 bits per heavy atom. The molecule has 0 spiro atoms. The Morgan fingerprint density at radius 2 is 2.00 bits per heavy atom. The van der Waals surface area contributed by atoms with Crippen molar-refractivity contribution < 1.29 is 18.9 Å². The molecule has 0 amide bonds. The van der Waals surface area contributed by atoms with Gasteiger partial charge in [-0.3, -0.25) is 0 Å². The second-order valence-electron chi connectivity index (χ2n) is 3.28. The molecule has 0 aromatic heterocycles. The van der Waals surface area contributed by atoms with Crippen LogP contribution in [0.3, 0.4) is 0 Å². The first-order valence-corrected chi connectivity index (χ1v) is 5.25. The van der Waals surface area contributed by atoms with E-state index < -0.39 is 0 Å². The Kier molecular flexibility index (Phi) is 11.6. The summed E-state index contributed by atoms with van der Waals surface area (Å²) >= 11 is 3.70. The van der Waals surface area contributed by atoms with Crippen molar-refractivity contribution in [3.05, 3.63) is 12.4 Å². The Hall–Kier alpha value is -0.353. The number of nitriles is 1. The molecule has 0 radical (unpaired) electrons. The van der Waals surface area contributed by atoms with Crippen LogP contribution in [0.2, 0.25) is 0 Å². The van der Waals surface area contributed by atoms with Crippen molar-refractivity contribution in [2.45, 2.75) is 32.9 Å². The van der Waals surface area contributed by atoms with Gasteiger partial charge in [0.05, 0.1) is 6.17 Å². The normalized spacial score (nSPS) is 17.6. The van der Waals surface area contributed by atoms with Crippen LogP contribution in [0, 0.1) is 10.7 Å². The first-order valence-electron chi connectivity index (χ1n) is 4.84. The van der Waals surface area contributed by atoms with E-state index in [0.717, 1.165) is 0 Å². The topological polar surface area (TPSA) is 30.3 Å². The van der Waals surface area contributed by atoms with E-state index in [0.29, 0.717) is 6.17 Å². The molecule has 15 heavy (non-hydrogen) atoms. The fourth-order valence-electron chi connectivity index (χ4n) is 1.28. The molecule has 0 aromatic carbocycles. The van der Waals surface area contributed by atoms with Crippen molar-refractivity contribution in [2.24, 2.45) is 0 Å². The maximum Gasteiger partial charge on any atom is 1.00 e. The third-order valence-corrected chi connectivity index (χ3v) is 2.33. The van der Waals surface area contributed by atoms with E-state index in [4.69, 9.17) is 5.26 Å². The smallest absolute Gasteiger partial charge is 0.696 e. The molecule has 1 rings (SSSR count). The molecule has 1 unspecified atom stereocenters. The quantitative estimate of drug-likeness (QED) is 0.341. The van der Waals surface area contributed by atoms with Gasteiger partial charge in [-0.2, -0.15) is 0 Å². The molecule has 0 aliphatic carbocycles. The zero-order valence-electron chi connectivity index (χ0n) is 10.1. The summed E-state index contributed by atoms with van der Waals surface area (Å²) in [5, 5.41) is 8.47. The fourth-order valence-corrected chi connectivity index (χ4v) is 1.28. The predicted molar refractivity (Wildman–Crippen MR) is 61.0 cm³/mol. The van der Waals surface area contributed by atoms with E-state index in [2.05, 4.69) is 55.7 Å². The minimum atomic E-state index is 0.